The fourth-order valence-corrected chi connectivity index (χ4v) is 3.01. The third-order valence-corrected chi connectivity index (χ3v) is 4.33. The molecule has 0 aliphatic carbocycles. The molecule has 1 atom stereocenters. The van der Waals surface area contributed by atoms with Gasteiger partial charge in [-0.25, -0.2) is 0 Å². The smallest absolute Gasteiger partial charge is 0.207 e. The summed E-state index contributed by atoms with van der Waals surface area (Å²) in [5, 5.41) is 3.61. The summed E-state index contributed by atoms with van der Waals surface area (Å²) in [5.74, 6) is 0.804. The van der Waals surface area contributed by atoms with Crippen LogP contribution in [0.1, 0.15) is 45.7 Å². The molecule has 1 aromatic carbocycles. The van der Waals surface area contributed by atoms with E-state index < -0.39 is 0 Å². The van der Waals surface area contributed by atoms with Crippen LogP contribution in [0, 0.1) is 5.41 Å². The second-order valence-electron chi connectivity index (χ2n) is 7.46. The van der Waals surface area contributed by atoms with E-state index in [1.807, 2.05) is 6.07 Å². The normalized spacial score (nSPS) is 17.8. The van der Waals surface area contributed by atoms with Gasteiger partial charge in [-0.1, -0.05) is 38.4 Å². The molecule has 3 nitrogen and oxygen atoms in total. The monoisotopic (exact) mass is 309 g/mol. The zero-order valence-electron chi connectivity index (χ0n) is 13.4. The molecule has 116 valence electrons. The Morgan fingerprint density at radius 1 is 1.43 bits per heavy atom. The van der Waals surface area contributed by atoms with E-state index in [0.29, 0.717) is 5.02 Å². The lowest BCUT2D eigenvalue weighted by Gasteiger charge is -2.30. The molecule has 1 aromatic rings. The molecule has 0 saturated heterocycles. The number of benzene rings is 1. The first-order valence-corrected chi connectivity index (χ1v) is 7.71. The van der Waals surface area contributed by atoms with Gasteiger partial charge in [0.2, 0.25) is 6.41 Å². The number of carbonyl (C=O) groups excluding carboxylic acids is 1. The molecule has 0 bridgehead atoms. The van der Waals surface area contributed by atoms with Gasteiger partial charge in [0, 0.05) is 18.0 Å². The van der Waals surface area contributed by atoms with Crippen LogP contribution in [0.25, 0.3) is 0 Å². The van der Waals surface area contributed by atoms with Crippen LogP contribution >= 0.6 is 11.6 Å². The van der Waals surface area contributed by atoms with E-state index >= 15 is 0 Å². The molecule has 0 saturated carbocycles. The van der Waals surface area contributed by atoms with E-state index in [-0.39, 0.29) is 17.1 Å². The van der Waals surface area contributed by atoms with Gasteiger partial charge in [-0.15, -0.1) is 0 Å². The molecule has 0 radical (unpaired) electrons. The number of fused-ring (bicyclic) bond motifs is 1. The van der Waals surface area contributed by atoms with Crippen molar-refractivity contribution in [3.05, 3.63) is 28.3 Å². The van der Waals surface area contributed by atoms with Crippen LogP contribution < -0.4 is 10.1 Å². The lowest BCUT2D eigenvalue weighted by molar-refractivity contribution is -0.110. The molecule has 1 aliphatic heterocycles. The Morgan fingerprint density at radius 2 is 2.10 bits per heavy atom. The first-order chi connectivity index (χ1) is 9.64. The van der Waals surface area contributed by atoms with E-state index in [4.69, 9.17) is 16.3 Å². The number of carbonyl (C=O) groups is 1. The Labute approximate surface area is 132 Å². The summed E-state index contributed by atoms with van der Waals surface area (Å²) in [6.07, 6.45) is 2.41. The van der Waals surface area contributed by atoms with E-state index in [9.17, 15) is 4.79 Å². The summed E-state index contributed by atoms with van der Waals surface area (Å²) < 4.78 is 5.97. The van der Waals surface area contributed by atoms with E-state index in [0.717, 1.165) is 25.0 Å². The first kappa shape index (κ1) is 16.2. The molecular weight excluding hydrogens is 286 g/mol. The van der Waals surface area contributed by atoms with Crippen molar-refractivity contribution in [3.63, 3.8) is 0 Å². The van der Waals surface area contributed by atoms with Crippen molar-refractivity contribution in [2.75, 3.05) is 0 Å². The van der Waals surface area contributed by atoms with Crippen molar-refractivity contribution in [2.24, 2.45) is 5.41 Å². The van der Waals surface area contributed by atoms with Gasteiger partial charge in [0.25, 0.3) is 0 Å². The molecule has 0 aromatic heterocycles. The van der Waals surface area contributed by atoms with Gasteiger partial charge in [-0.05, 0) is 37.3 Å². The molecule has 1 aliphatic rings. The highest BCUT2D eigenvalue weighted by Crippen LogP contribution is 2.42. The minimum absolute atomic E-state index is 0.0115. The van der Waals surface area contributed by atoms with Crippen molar-refractivity contribution in [1.29, 1.82) is 0 Å². The van der Waals surface area contributed by atoms with Crippen molar-refractivity contribution in [1.82, 2.24) is 5.32 Å². The highest BCUT2D eigenvalue weighted by atomic mass is 35.5. The summed E-state index contributed by atoms with van der Waals surface area (Å²) in [6.45, 7) is 10.5. The fourth-order valence-electron chi connectivity index (χ4n) is 2.79. The van der Waals surface area contributed by atoms with Crippen LogP contribution in [0.3, 0.4) is 0 Å². The number of hydrogen-bond donors (Lipinski definition) is 1. The first-order valence-electron chi connectivity index (χ1n) is 7.33. The van der Waals surface area contributed by atoms with Crippen LogP contribution in [0.5, 0.6) is 5.75 Å². The summed E-state index contributed by atoms with van der Waals surface area (Å²) in [7, 11) is 0. The van der Waals surface area contributed by atoms with Gasteiger partial charge in [-0.2, -0.15) is 0 Å². The van der Waals surface area contributed by atoms with Crippen molar-refractivity contribution in [2.45, 2.75) is 59.1 Å². The highest BCUT2D eigenvalue weighted by Gasteiger charge is 2.35. The average molecular weight is 310 g/mol. The topological polar surface area (TPSA) is 38.3 Å². The number of nitrogens with one attached hydrogen (secondary N) is 1. The maximum Gasteiger partial charge on any atom is 0.207 e. The third-order valence-electron chi connectivity index (χ3n) is 4.03. The van der Waals surface area contributed by atoms with Gasteiger partial charge in [0.1, 0.15) is 11.4 Å². The standard InChI is InChI=1S/C17H24ClNO2/c1-16(2,3)14(19-10-20)8-11-6-7-13(18)15-12(11)9-17(4,5)21-15/h6-7,10,14H,8-9H2,1-5H3,(H,19,20). The lowest BCUT2D eigenvalue weighted by atomic mass is 9.81. The van der Waals surface area contributed by atoms with Gasteiger partial charge in [-0.3, -0.25) is 4.79 Å². The zero-order valence-corrected chi connectivity index (χ0v) is 14.2. The van der Waals surface area contributed by atoms with Crippen LogP contribution in [-0.4, -0.2) is 18.1 Å². The number of rotatable bonds is 4. The lowest BCUT2D eigenvalue weighted by Crippen LogP contribution is -2.41. The van der Waals surface area contributed by atoms with Crippen LogP contribution in [0.2, 0.25) is 5.02 Å². The zero-order chi connectivity index (χ0) is 15.8. The molecular formula is C17H24ClNO2. The number of amides is 1. The van der Waals surface area contributed by atoms with Crippen molar-refractivity contribution >= 4 is 18.0 Å². The molecule has 0 fully saturated rings. The summed E-state index contributed by atoms with van der Waals surface area (Å²) >= 11 is 6.26. The molecule has 1 amide bonds. The SMILES string of the molecule is CC1(C)Cc2c(CC(NC=O)C(C)(C)C)ccc(Cl)c2O1. The summed E-state index contributed by atoms with van der Waals surface area (Å²) in [6, 6.07) is 4.01. The van der Waals surface area contributed by atoms with Crippen molar-refractivity contribution < 1.29 is 9.53 Å². The average Bonchev–Trinajstić information content (AvgIpc) is 2.67. The number of hydrogen-bond acceptors (Lipinski definition) is 2. The molecule has 21 heavy (non-hydrogen) atoms. The quantitative estimate of drug-likeness (QED) is 0.860. The van der Waals surface area contributed by atoms with Crippen LogP contribution in [0.15, 0.2) is 12.1 Å². The molecule has 0 spiro atoms. The predicted molar refractivity (Wildman–Crippen MR) is 86.0 cm³/mol. The second-order valence-corrected chi connectivity index (χ2v) is 7.87. The molecule has 1 N–H and O–H groups in total. The highest BCUT2D eigenvalue weighted by molar-refractivity contribution is 6.32. The number of halogens is 1. The Hall–Kier alpha value is -1.22. The number of ether oxygens (including phenoxy) is 1. The molecule has 4 heteroatoms. The summed E-state index contributed by atoms with van der Waals surface area (Å²) in [5.41, 5.74) is 2.14. The van der Waals surface area contributed by atoms with Gasteiger partial charge in [0.05, 0.1) is 5.02 Å². The largest absolute Gasteiger partial charge is 0.486 e. The Bertz CT molecular complexity index is 546. The Kier molecular flexibility index (Phi) is 4.25. The van der Waals surface area contributed by atoms with Gasteiger partial charge >= 0.3 is 0 Å². The van der Waals surface area contributed by atoms with E-state index in [2.05, 4.69) is 46.0 Å². The fraction of sp³-hybridized carbons (Fsp3) is 0.588. The minimum Gasteiger partial charge on any atom is -0.486 e. The Balaban J connectivity index is 2.34. The van der Waals surface area contributed by atoms with Crippen molar-refractivity contribution in [3.8, 4) is 5.75 Å². The van der Waals surface area contributed by atoms with E-state index in [1.165, 1.54) is 11.1 Å². The van der Waals surface area contributed by atoms with Crippen LogP contribution in [0.4, 0.5) is 0 Å². The van der Waals surface area contributed by atoms with E-state index in [1.54, 1.807) is 0 Å². The van der Waals surface area contributed by atoms with Gasteiger partial charge < -0.3 is 10.1 Å². The Morgan fingerprint density at radius 3 is 2.67 bits per heavy atom. The molecule has 1 unspecified atom stereocenters. The summed E-state index contributed by atoms with van der Waals surface area (Å²) in [4.78, 5) is 10.9. The molecule has 2 rings (SSSR count). The third kappa shape index (κ3) is 3.52. The predicted octanol–water partition coefficient (Wildman–Crippen LogP) is 3.76. The maximum absolute atomic E-state index is 10.9. The maximum atomic E-state index is 10.9. The van der Waals surface area contributed by atoms with Gasteiger partial charge in [0.15, 0.2) is 0 Å². The second kappa shape index (κ2) is 5.53. The van der Waals surface area contributed by atoms with Crippen LogP contribution in [-0.2, 0) is 17.6 Å². The molecule has 1 heterocycles. The minimum atomic E-state index is -0.225.